The molecular weight excluding hydrogens is 345 g/mol. The van der Waals surface area contributed by atoms with Gasteiger partial charge in [-0.3, -0.25) is 0 Å². The zero-order valence-corrected chi connectivity index (χ0v) is 15.8. The Kier molecular flexibility index (Phi) is 7.50. The molecule has 0 aliphatic heterocycles. The molecule has 0 radical (unpaired) electrons. The van der Waals surface area contributed by atoms with Crippen LogP contribution in [0, 0.1) is 24.1 Å². The first-order valence-corrected chi connectivity index (χ1v) is 9.13. The zero-order chi connectivity index (χ0) is 19.8. The molecule has 1 atom stereocenters. The summed E-state index contributed by atoms with van der Waals surface area (Å²) in [6.07, 6.45) is 2.91. The summed E-state index contributed by atoms with van der Waals surface area (Å²) in [6, 6.07) is 6.92. The van der Waals surface area contributed by atoms with Gasteiger partial charge in [-0.1, -0.05) is 25.5 Å². The Labute approximate surface area is 159 Å². The van der Waals surface area contributed by atoms with E-state index in [2.05, 4.69) is 22.2 Å². The van der Waals surface area contributed by atoms with Crippen molar-refractivity contribution in [2.24, 2.45) is 0 Å². The minimum absolute atomic E-state index is 0.0512. The first-order chi connectivity index (χ1) is 13.0. The van der Waals surface area contributed by atoms with Gasteiger partial charge < -0.3 is 16.2 Å². The van der Waals surface area contributed by atoms with Gasteiger partial charge in [0.05, 0.1) is 12.5 Å². The van der Waals surface area contributed by atoms with Gasteiger partial charge in [0.1, 0.15) is 11.6 Å². The molecule has 0 aliphatic rings. The quantitative estimate of drug-likeness (QED) is 0.625. The van der Waals surface area contributed by atoms with E-state index in [9.17, 15) is 9.50 Å². The third kappa shape index (κ3) is 5.63. The molecule has 7 heteroatoms. The molecule has 2 rings (SSSR count). The lowest BCUT2D eigenvalue weighted by atomic mass is 10.0. The Balaban J connectivity index is 2.34. The summed E-state index contributed by atoms with van der Waals surface area (Å²) in [7, 11) is 0. The number of rotatable bonds is 9. The molecule has 1 aromatic heterocycles. The highest BCUT2D eigenvalue weighted by molar-refractivity contribution is 5.52. The smallest absolute Gasteiger partial charge is 0.222 e. The number of aliphatic hydroxyl groups is 1. The molecule has 1 aromatic carbocycles. The van der Waals surface area contributed by atoms with Gasteiger partial charge in [0.2, 0.25) is 5.95 Å². The Morgan fingerprint density at radius 2 is 2.11 bits per heavy atom. The van der Waals surface area contributed by atoms with Crippen LogP contribution in [0.15, 0.2) is 18.2 Å². The molecular formula is C20H26FN5O. The van der Waals surface area contributed by atoms with E-state index in [0.717, 1.165) is 18.4 Å². The molecule has 144 valence electrons. The van der Waals surface area contributed by atoms with Gasteiger partial charge in [-0.05, 0) is 37.0 Å². The Morgan fingerprint density at radius 1 is 1.33 bits per heavy atom. The van der Waals surface area contributed by atoms with Crippen LogP contribution >= 0.6 is 0 Å². The lowest BCUT2D eigenvalue weighted by Gasteiger charge is -2.21. The van der Waals surface area contributed by atoms with Crippen molar-refractivity contribution in [2.45, 2.75) is 52.0 Å². The van der Waals surface area contributed by atoms with E-state index < -0.39 is 0 Å². The van der Waals surface area contributed by atoms with Gasteiger partial charge >= 0.3 is 0 Å². The number of nitrogens with one attached hydrogen (secondary N) is 1. The molecule has 0 spiro atoms. The predicted molar refractivity (Wildman–Crippen MR) is 104 cm³/mol. The fourth-order valence-electron chi connectivity index (χ4n) is 3.06. The maximum absolute atomic E-state index is 14.5. The van der Waals surface area contributed by atoms with Crippen LogP contribution in [0.1, 0.15) is 48.6 Å². The van der Waals surface area contributed by atoms with Crippen LogP contribution in [0.25, 0.3) is 0 Å². The fraction of sp³-hybridized carbons (Fsp3) is 0.450. The van der Waals surface area contributed by atoms with E-state index in [1.54, 1.807) is 12.1 Å². The van der Waals surface area contributed by atoms with Gasteiger partial charge in [0, 0.05) is 30.3 Å². The van der Waals surface area contributed by atoms with Gasteiger partial charge in [0.25, 0.3) is 0 Å². The number of nitrogens with zero attached hydrogens (tertiary/aromatic N) is 3. The summed E-state index contributed by atoms with van der Waals surface area (Å²) in [6.45, 7) is 3.97. The van der Waals surface area contributed by atoms with Crippen LogP contribution in [0.4, 0.5) is 16.2 Å². The van der Waals surface area contributed by atoms with Crippen molar-refractivity contribution < 1.29 is 9.50 Å². The minimum Gasteiger partial charge on any atom is -0.396 e. The number of nitrogens with two attached hydrogens (primary N) is 1. The van der Waals surface area contributed by atoms with Crippen molar-refractivity contribution in [3.05, 3.63) is 46.4 Å². The molecule has 0 saturated carbocycles. The number of anilines is 2. The molecule has 0 saturated heterocycles. The van der Waals surface area contributed by atoms with E-state index in [4.69, 9.17) is 11.0 Å². The SMILES string of the molecule is CCC[C@@H](CCO)Nc1nc(N)nc(C)c1Cc1ccc(CC#N)cc1F. The van der Waals surface area contributed by atoms with Gasteiger partial charge in [-0.15, -0.1) is 0 Å². The van der Waals surface area contributed by atoms with E-state index in [-0.39, 0.29) is 30.8 Å². The number of aromatic nitrogens is 2. The highest BCUT2D eigenvalue weighted by Gasteiger charge is 2.17. The summed E-state index contributed by atoms with van der Waals surface area (Å²) < 4.78 is 14.5. The molecule has 6 nitrogen and oxygen atoms in total. The topological polar surface area (TPSA) is 108 Å². The largest absolute Gasteiger partial charge is 0.396 e. The second-order valence-corrected chi connectivity index (χ2v) is 6.57. The lowest BCUT2D eigenvalue weighted by Crippen LogP contribution is -2.23. The molecule has 1 heterocycles. The van der Waals surface area contributed by atoms with Crippen LogP contribution in [-0.4, -0.2) is 27.7 Å². The van der Waals surface area contributed by atoms with Crippen LogP contribution in [-0.2, 0) is 12.8 Å². The maximum atomic E-state index is 14.5. The van der Waals surface area contributed by atoms with E-state index in [1.165, 1.54) is 6.07 Å². The van der Waals surface area contributed by atoms with Gasteiger partial charge in [-0.25, -0.2) is 9.37 Å². The summed E-state index contributed by atoms with van der Waals surface area (Å²) in [5, 5.41) is 21.4. The summed E-state index contributed by atoms with van der Waals surface area (Å²) in [4.78, 5) is 8.54. The Bertz CT molecular complexity index is 813. The summed E-state index contributed by atoms with van der Waals surface area (Å²) in [5.41, 5.74) is 8.42. The minimum atomic E-state index is -0.356. The second-order valence-electron chi connectivity index (χ2n) is 6.57. The van der Waals surface area contributed by atoms with Crippen molar-refractivity contribution in [3.8, 4) is 6.07 Å². The van der Waals surface area contributed by atoms with E-state index in [0.29, 0.717) is 35.5 Å². The molecule has 0 bridgehead atoms. The third-order valence-electron chi connectivity index (χ3n) is 4.45. The predicted octanol–water partition coefficient (Wildman–Crippen LogP) is 3.13. The average Bonchev–Trinajstić information content (AvgIpc) is 2.60. The molecule has 0 aliphatic carbocycles. The van der Waals surface area contributed by atoms with E-state index >= 15 is 0 Å². The highest BCUT2D eigenvalue weighted by Crippen LogP contribution is 2.25. The number of halogens is 1. The Hall–Kier alpha value is -2.72. The van der Waals surface area contributed by atoms with Crippen LogP contribution < -0.4 is 11.1 Å². The number of aryl methyl sites for hydroxylation is 1. The average molecular weight is 371 g/mol. The number of nitriles is 1. The summed E-state index contributed by atoms with van der Waals surface area (Å²) >= 11 is 0. The number of hydrogen-bond acceptors (Lipinski definition) is 6. The highest BCUT2D eigenvalue weighted by atomic mass is 19.1. The number of hydrogen-bond donors (Lipinski definition) is 3. The van der Waals surface area contributed by atoms with Gasteiger partial charge in [0.15, 0.2) is 0 Å². The summed E-state index contributed by atoms with van der Waals surface area (Å²) in [5.74, 6) is 0.376. The lowest BCUT2D eigenvalue weighted by molar-refractivity contribution is 0.276. The second kappa shape index (κ2) is 9.83. The number of nitrogen functional groups attached to an aromatic ring is 1. The molecule has 0 fully saturated rings. The normalized spacial score (nSPS) is 11.8. The monoisotopic (exact) mass is 371 g/mol. The molecule has 4 N–H and O–H groups in total. The van der Waals surface area contributed by atoms with Crippen molar-refractivity contribution in [2.75, 3.05) is 17.7 Å². The number of benzene rings is 1. The zero-order valence-electron chi connectivity index (χ0n) is 15.8. The third-order valence-corrected chi connectivity index (χ3v) is 4.45. The molecule has 2 aromatic rings. The van der Waals surface area contributed by atoms with Crippen molar-refractivity contribution >= 4 is 11.8 Å². The van der Waals surface area contributed by atoms with Crippen LogP contribution in [0.3, 0.4) is 0 Å². The van der Waals surface area contributed by atoms with Crippen molar-refractivity contribution in [3.63, 3.8) is 0 Å². The molecule has 0 amide bonds. The fourth-order valence-corrected chi connectivity index (χ4v) is 3.06. The van der Waals surface area contributed by atoms with Crippen molar-refractivity contribution in [1.29, 1.82) is 5.26 Å². The standard InChI is InChI=1S/C20H26FN5O/c1-3-4-16(8-10-27)25-19-17(13(2)24-20(23)26-19)12-15-6-5-14(7-9-22)11-18(15)21/h5-6,11,16,27H,3-4,7-8,10,12H2,1-2H3,(H3,23,24,25,26)/t16-/m0/s1. The Morgan fingerprint density at radius 3 is 2.74 bits per heavy atom. The maximum Gasteiger partial charge on any atom is 0.222 e. The first kappa shape index (κ1) is 20.6. The van der Waals surface area contributed by atoms with Crippen LogP contribution in [0.2, 0.25) is 0 Å². The van der Waals surface area contributed by atoms with Crippen molar-refractivity contribution in [1.82, 2.24) is 9.97 Å². The molecule has 27 heavy (non-hydrogen) atoms. The molecule has 0 unspecified atom stereocenters. The van der Waals surface area contributed by atoms with E-state index in [1.807, 2.05) is 13.0 Å². The number of aliphatic hydroxyl groups excluding tert-OH is 1. The van der Waals surface area contributed by atoms with Gasteiger partial charge in [-0.2, -0.15) is 10.2 Å². The van der Waals surface area contributed by atoms with Crippen LogP contribution in [0.5, 0.6) is 0 Å². The first-order valence-electron chi connectivity index (χ1n) is 9.13.